The van der Waals surface area contributed by atoms with E-state index in [4.69, 9.17) is 18.5 Å². The standard InChI is InChI=1S/C31H28N3O.C12H10N.Ir/c1-18(2)21-11-8-12-22(19(3)4)28(21)34-26-17-16-20(5)32-30(26)33-31(34)25-14-9-13-24-23-10-6-7-15-27(23)35-29(24)25;1-10-7-8-12(13-9-10)11-5-3-2-4-6-11;/h6-13,15-19H,1-5H3;2-5,7-9H,1H3;/q2*-1;/i;1D3;. The van der Waals surface area contributed by atoms with Crippen LogP contribution in [0.2, 0.25) is 0 Å². The molecule has 247 valence electrons. The molecule has 0 aliphatic heterocycles. The maximum absolute atomic E-state index is 7.23. The van der Waals surface area contributed by atoms with Crippen LogP contribution in [0.3, 0.4) is 0 Å². The molecule has 0 amide bonds. The molecule has 0 unspecified atom stereocenters. The van der Waals surface area contributed by atoms with Gasteiger partial charge >= 0.3 is 0 Å². The Labute approximate surface area is 305 Å². The van der Waals surface area contributed by atoms with Gasteiger partial charge in [0.15, 0.2) is 5.65 Å². The zero-order valence-electron chi connectivity index (χ0n) is 31.1. The number of para-hydroxylation sites is 2. The van der Waals surface area contributed by atoms with Crippen LogP contribution in [0, 0.1) is 25.9 Å². The van der Waals surface area contributed by atoms with E-state index in [-0.39, 0.29) is 25.7 Å². The van der Waals surface area contributed by atoms with Gasteiger partial charge in [-0.05, 0) is 66.2 Å². The second-order valence-electron chi connectivity index (χ2n) is 12.6. The molecule has 0 fully saturated rings. The number of nitrogens with zero attached hydrogens (tertiary/aromatic N) is 4. The molecule has 1 radical (unpaired) electrons. The molecule has 6 heteroatoms. The fraction of sp³-hybridized carbons (Fsp3) is 0.186. The van der Waals surface area contributed by atoms with Crippen LogP contribution in [0.25, 0.3) is 61.4 Å². The van der Waals surface area contributed by atoms with Crippen molar-refractivity contribution in [2.45, 2.75) is 53.3 Å². The number of furan rings is 1. The number of pyridine rings is 2. The minimum Gasteiger partial charge on any atom is -0.501 e. The van der Waals surface area contributed by atoms with Crippen LogP contribution in [-0.2, 0) is 20.1 Å². The summed E-state index contributed by atoms with van der Waals surface area (Å²) >= 11 is 0. The topological polar surface area (TPSA) is 56.7 Å². The Bertz CT molecular complexity index is 2460. The first-order valence-electron chi connectivity index (χ1n) is 17.8. The smallest absolute Gasteiger partial charge is 0.168 e. The van der Waals surface area contributed by atoms with Gasteiger partial charge in [-0.1, -0.05) is 87.2 Å². The summed E-state index contributed by atoms with van der Waals surface area (Å²) < 4.78 is 30.4. The van der Waals surface area contributed by atoms with E-state index in [2.05, 4.69) is 91.8 Å². The second-order valence-corrected chi connectivity index (χ2v) is 12.6. The molecule has 0 aliphatic carbocycles. The molecule has 4 aromatic carbocycles. The first kappa shape index (κ1) is 30.2. The number of rotatable bonds is 5. The number of aromatic nitrogens is 4. The molecular weight excluding hydrogens is 781 g/mol. The summed E-state index contributed by atoms with van der Waals surface area (Å²) in [5, 5.41) is 2.16. The number of benzene rings is 4. The van der Waals surface area contributed by atoms with Crippen molar-refractivity contribution < 1.29 is 28.6 Å². The predicted octanol–water partition coefficient (Wildman–Crippen LogP) is 11.2. The Morgan fingerprint density at radius 1 is 0.755 bits per heavy atom. The predicted molar refractivity (Wildman–Crippen MR) is 197 cm³/mol. The molecule has 0 aliphatic rings. The van der Waals surface area contributed by atoms with Gasteiger partial charge in [-0.2, -0.15) is 0 Å². The Balaban J connectivity index is 0.000000230. The third-order valence-electron chi connectivity index (χ3n) is 8.54. The fourth-order valence-electron chi connectivity index (χ4n) is 6.18. The van der Waals surface area contributed by atoms with Crippen molar-refractivity contribution in [3.63, 3.8) is 0 Å². The number of imidazole rings is 1. The monoisotopic (exact) mass is 822 g/mol. The summed E-state index contributed by atoms with van der Waals surface area (Å²) in [6, 6.07) is 40.3. The van der Waals surface area contributed by atoms with Gasteiger partial charge in [-0.3, -0.25) is 4.98 Å². The van der Waals surface area contributed by atoms with E-state index < -0.39 is 6.85 Å². The van der Waals surface area contributed by atoms with Crippen LogP contribution in [0.1, 0.15) is 66.0 Å². The normalized spacial score (nSPS) is 12.4. The van der Waals surface area contributed by atoms with Gasteiger partial charge in [0.25, 0.3) is 0 Å². The zero-order valence-corrected chi connectivity index (χ0v) is 30.5. The van der Waals surface area contributed by atoms with Crippen molar-refractivity contribution in [2.24, 2.45) is 0 Å². The molecule has 4 aromatic heterocycles. The van der Waals surface area contributed by atoms with E-state index in [1.807, 2.05) is 49.4 Å². The summed E-state index contributed by atoms with van der Waals surface area (Å²) in [7, 11) is 0. The Hall–Kier alpha value is -4.90. The van der Waals surface area contributed by atoms with Gasteiger partial charge in [0.05, 0.1) is 16.9 Å². The van der Waals surface area contributed by atoms with E-state index in [0.717, 1.165) is 61.4 Å². The maximum atomic E-state index is 7.23. The molecule has 5 nitrogen and oxygen atoms in total. The summed E-state index contributed by atoms with van der Waals surface area (Å²) in [5.41, 5.74) is 10.8. The maximum Gasteiger partial charge on any atom is 0.168 e. The molecule has 8 aromatic rings. The van der Waals surface area contributed by atoms with Crippen molar-refractivity contribution in [3.05, 3.63) is 144 Å². The van der Waals surface area contributed by atoms with E-state index in [9.17, 15) is 0 Å². The largest absolute Gasteiger partial charge is 0.501 e. The summed E-state index contributed by atoms with van der Waals surface area (Å²) in [6.45, 7) is 8.90. The van der Waals surface area contributed by atoms with Crippen LogP contribution < -0.4 is 0 Å². The van der Waals surface area contributed by atoms with Gasteiger partial charge in [0.2, 0.25) is 0 Å². The number of fused-ring (bicyclic) bond motifs is 4. The van der Waals surface area contributed by atoms with Crippen molar-refractivity contribution >= 4 is 33.1 Å². The molecule has 0 saturated heterocycles. The van der Waals surface area contributed by atoms with Crippen molar-refractivity contribution in [2.75, 3.05) is 0 Å². The average molecular weight is 822 g/mol. The van der Waals surface area contributed by atoms with E-state index in [1.165, 1.54) is 23.0 Å². The van der Waals surface area contributed by atoms with Gasteiger partial charge < -0.3 is 14.0 Å². The van der Waals surface area contributed by atoms with Crippen molar-refractivity contribution in [3.8, 4) is 28.3 Å². The molecule has 4 heterocycles. The summed E-state index contributed by atoms with van der Waals surface area (Å²) in [4.78, 5) is 14.0. The van der Waals surface area contributed by atoms with Gasteiger partial charge in [0, 0.05) is 47.2 Å². The van der Waals surface area contributed by atoms with Gasteiger partial charge in [-0.25, -0.2) is 4.98 Å². The quantitative estimate of drug-likeness (QED) is 0.162. The molecule has 49 heavy (non-hydrogen) atoms. The number of hydrogen-bond acceptors (Lipinski definition) is 4. The molecule has 0 atom stereocenters. The molecular formula is C43H38IrN4O-2. The fourth-order valence-corrected chi connectivity index (χ4v) is 6.18. The minimum absolute atomic E-state index is 0. The van der Waals surface area contributed by atoms with Crippen LogP contribution in [0.4, 0.5) is 0 Å². The second kappa shape index (κ2) is 14.3. The van der Waals surface area contributed by atoms with E-state index in [0.29, 0.717) is 11.8 Å². The van der Waals surface area contributed by atoms with Crippen molar-refractivity contribution in [1.82, 2.24) is 19.5 Å². The third-order valence-corrected chi connectivity index (χ3v) is 8.54. The summed E-state index contributed by atoms with van der Waals surface area (Å²) in [5.74, 6) is 1.49. The molecule has 0 bridgehead atoms. The number of aryl methyl sites for hydroxylation is 2. The van der Waals surface area contributed by atoms with Gasteiger partial charge in [-0.15, -0.1) is 54.1 Å². The van der Waals surface area contributed by atoms with Crippen LogP contribution >= 0.6 is 0 Å². The van der Waals surface area contributed by atoms with Crippen molar-refractivity contribution in [1.29, 1.82) is 0 Å². The zero-order chi connectivity index (χ0) is 35.9. The van der Waals surface area contributed by atoms with E-state index >= 15 is 0 Å². The molecule has 0 saturated carbocycles. The van der Waals surface area contributed by atoms with Gasteiger partial charge in [0.1, 0.15) is 5.58 Å². The summed E-state index contributed by atoms with van der Waals surface area (Å²) in [6.07, 6.45) is 1.39. The first-order valence-corrected chi connectivity index (χ1v) is 16.3. The Kier molecular flexibility index (Phi) is 8.80. The third kappa shape index (κ3) is 6.59. The first-order chi connectivity index (χ1) is 24.5. The average Bonchev–Trinajstić information content (AvgIpc) is 3.70. The molecule has 8 rings (SSSR count). The molecule has 0 N–H and O–H groups in total. The van der Waals surface area contributed by atoms with Crippen LogP contribution in [0.15, 0.2) is 114 Å². The number of hydrogen-bond donors (Lipinski definition) is 0. The van der Waals surface area contributed by atoms with E-state index in [1.54, 1.807) is 18.2 Å². The molecule has 0 spiro atoms. The SMILES string of the molecule is Cc1ccc2c(n1)nc(-c1[c-]ccc3c1oc1ccccc13)n2-c1c(C(C)C)cccc1C(C)C.[2H]C([2H])([2H])c1ccc(-c2[c-]cccc2)nc1.[Ir]. The van der Waals surface area contributed by atoms with Crippen LogP contribution in [0.5, 0.6) is 0 Å². The minimum atomic E-state index is -2.09. The van der Waals surface area contributed by atoms with Crippen LogP contribution in [-0.4, -0.2) is 19.5 Å². The Morgan fingerprint density at radius 3 is 2.22 bits per heavy atom. The Morgan fingerprint density at radius 2 is 1.53 bits per heavy atom.